The van der Waals surface area contributed by atoms with E-state index in [0.717, 1.165) is 15.6 Å². The molecule has 0 spiro atoms. The van der Waals surface area contributed by atoms with Crippen LogP contribution in [0.25, 0.3) is 0 Å². The van der Waals surface area contributed by atoms with Crippen LogP contribution in [-0.4, -0.2) is 11.7 Å². The molecule has 18 heavy (non-hydrogen) atoms. The number of hydrogen-bond acceptors (Lipinski definition) is 2. The molecular weight excluding hydrogens is 294 g/mol. The maximum absolute atomic E-state index is 11.7. The zero-order valence-corrected chi connectivity index (χ0v) is 13.1. The van der Waals surface area contributed by atoms with Crippen LogP contribution in [0, 0.1) is 6.92 Å². The highest BCUT2D eigenvalue weighted by Crippen LogP contribution is 2.21. The smallest absolute Gasteiger partial charge is 0.408 e. The molecule has 0 fully saturated rings. The predicted molar refractivity (Wildman–Crippen MR) is 76.7 cm³/mol. The molecule has 0 aliphatic carbocycles. The molecule has 3 nitrogen and oxygen atoms in total. The van der Waals surface area contributed by atoms with Gasteiger partial charge in [0.2, 0.25) is 0 Å². The first-order valence-corrected chi connectivity index (χ1v) is 6.74. The molecule has 1 unspecified atom stereocenters. The second kappa shape index (κ2) is 5.74. The van der Waals surface area contributed by atoms with Gasteiger partial charge in [-0.2, -0.15) is 0 Å². The van der Waals surface area contributed by atoms with Crippen LogP contribution in [0.1, 0.15) is 44.9 Å². The van der Waals surface area contributed by atoms with Crippen molar-refractivity contribution in [2.75, 3.05) is 0 Å². The van der Waals surface area contributed by atoms with E-state index in [2.05, 4.69) is 21.2 Å². The second-order valence-electron chi connectivity index (χ2n) is 5.38. The zero-order valence-electron chi connectivity index (χ0n) is 11.5. The van der Waals surface area contributed by atoms with E-state index in [-0.39, 0.29) is 6.04 Å². The van der Waals surface area contributed by atoms with Crippen molar-refractivity contribution in [3.8, 4) is 0 Å². The summed E-state index contributed by atoms with van der Waals surface area (Å²) in [6.07, 6.45) is -0.393. The normalized spacial score (nSPS) is 13.0. The molecule has 0 heterocycles. The Hall–Kier alpha value is -1.03. The first kappa shape index (κ1) is 15.0. The molecule has 0 radical (unpaired) electrons. The van der Waals surface area contributed by atoms with E-state index in [1.807, 2.05) is 52.8 Å². The Bertz CT molecular complexity index is 438. The number of carbonyl (C=O) groups excluding carboxylic acids is 1. The van der Waals surface area contributed by atoms with Crippen LogP contribution >= 0.6 is 15.9 Å². The standard InChI is InChI=1S/C14H20BrNO2/c1-9-8-11(6-7-12(9)15)10(2)16-13(17)18-14(3,4)5/h6-8,10H,1-5H3,(H,16,17). The molecule has 1 amide bonds. The minimum Gasteiger partial charge on any atom is -0.444 e. The Labute approximate surface area is 117 Å². The van der Waals surface area contributed by atoms with Gasteiger partial charge in [-0.25, -0.2) is 4.79 Å². The van der Waals surface area contributed by atoms with Gasteiger partial charge in [-0.15, -0.1) is 0 Å². The lowest BCUT2D eigenvalue weighted by molar-refractivity contribution is 0.0508. The lowest BCUT2D eigenvalue weighted by Gasteiger charge is -2.22. The number of rotatable bonds is 2. The summed E-state index contributed by atoms with van der Waals surface area (Å²) in [5.74, 6) is 0. The van der Waals surface area contributed by atoms with Crippen molar-refractivity contribution in [1.29, 1.82) is 0 Å². The topological polar surface area (TPSA) is 38.3 Å². The summed E-state index contributed by atoms with van der Waals surface area (Å²) in [6, 6.07) is 5.94. The van der Waals surface area contributed by atoms with Crippen LogP contribution in [0.4, 0.5) is 4.79 Å². The monoisotopic (exact) mass is 313 g/mol. The maximum Gasteiger partial charge on any atom is 0.408 e. The Morgan fingerprint density at radius 3 is 2.50 bits per heavy atom. The minimum atomic E-state index is -0.473. The van der Waals surface area contributed by atoms with Gasteiger partial charge in [-0.05, 0) is 51.8 Å². The highest BCUT2D eigenvalue weighted by atomic mass is 79.9. The Balaban J connectivity index is 2.68. The molecule has 1 rings (SSSR count). The lowest BCUT2D eigenvalue weighted by atomic mass is 10.1. The van der Waals surface area contributed by atoms with E-state index >= 15 is 0 Å². The average Bonchev–Trinajstić information content (AvgIpc) is 2.18. The van der Waals surface area contributed by atoms with Crippen molar-refractivity contribution in [2.24, 2.45) is 0 Å². The molecule has 100 valence electrons. The number of hydrogen-bond donors (Lipinski definition) is 1. The molecule has 0 saturated carbocycles. The summed E-state index contributed by atoms with van der Waals surface area (Å²) in [6.45, 7) is 9.50. The van der Waals surface area contributed by atoms with E-state index in [1.54, 1.807) is 0 Å². The molecule has 0 aliphatic heterocycles. The van der Waals surface area contributed by atoms with Gasteiger partial charge in [0, 0.05) is 4.47 Å². The first-order chi connectivity index (χ1) is 8.19. The quantitative estimate of drug-likeness (QED) is 0.881. The number of nitrogens with one attached hydrogen (secondary N) is 1. The minimum absolute atomic E-state index is 0.0772. The van der Waals surface area contributed by atoms with Crippen molar-refractivity contribution in [2.45, 2.75) is 46.3 Å². The summed E-state index contributed by atoms with van der Waals surface area (Å²) < 4.78 is 6.29. The SMILES string of the molecule is Cc1cc(C(C)NC(=O)OC(C)(C)C)ccc1Br. The number of amides is 1. The molecule has 1 N–H and O–H groups in total. The third-order valence-corrected chi connectivity index (χ3v) is 3.30. The van der Waals surface area contributed by atoms with Crippen molar-refractivity contribution in [3.05, 3.63) is 33.8 Å². The fraction of sp³-hybridized carbons (Fsp3) is 0.500. The van der Waals surface area contributed by atoms with E-state index in [1.165, 1.54) is 0 Å². The Morgan fingerprint density at radius 1 is 1.39 bits per heavy atom. The Morgan fingerprint density at radius 2 is 2.00 bits per heavy atom. The van der Waals surface area contributed by atoms with Crippen LogP contribution in [0.5, 0.6) is 0 Å². The number of carbonyl (C=O) groups is 1. The molecule has 1 aromatic rings. The summed E-state index contributed by atoms with van der Waals surface area (Å²) >= 11 is 3.46. The molecule has 0 saturated heterocycles. The predicted octanol–water partition coefficient (Wildman–Crippen LogP) is 4.34. The number of aryl methyl sites for hydroxylation is 1. The molecule has 0 aliphatic rings. The van der Waals surface area contributed by atoms with E-state index in [4.69, 9.17) is 4.74 Å². The number of alkyl carbamates (subject to hydrolysis) is 1. The van der Waals surface area contributed by atoms with Gasteiger partial charge >= 0.3 is 6.09 Å². The summed E-state index contributed by atoms with van der Waals surface area (Å²) in [7, 11) is 0. The van der Waals surface area contributed by atoms with Crippen molar-refractivity contribution >= 4 is 22.0 Å². The van der Waals surface area contributed by atoms with Crippen LogP contribution in [0.2, 0.25) is 0 Å². The summed E-state index contributed by atoms with van der Waals surface area (Å²) in [4.78, 5) is 11.7. The number of halogens is 1. The van der Waals surface area contributed by atoms with Gasteiger partial charge in [0.15, 0.2) is 0 Å². The first-order valence-electron chi connectivity index (χ1n) is 5.94. The molecule has 1 atom stereocenters. The van der Waals surface area contributed by atoms with Crippen LogP contribution in [0.15, 0.2) is 22.7 Å². The molecule has 4 heteroatoms. The zero-order chi connectivity index (χ0) is 13.9. The van der Waals surface area contributed by atoms with Crippen molar-refractivity contribution < 1.29 is 9.53 Å². The number of benzene rings is 1. The molecule has 0 bridgehead atoms. The van der Waals surface area contributed by atoms with E-state index < -0.39 is 11.7 Å². The van der Waals surface area contributed by atoms with Gasteiger partial charge in [0.25, 0.3) is 0 Å². The third kappa shape index (κ3) is 4.69. The van der Waals surface area contributed by atoms with E-state index in [0.29, 0.717) is 0 Å². The fourth-order valence-electron chi connectivity index (χ4n) is 1.50. The number of ether oxygens (including phenoxy) is 1. The highest BCUT2D eigenvalue weighted by Gasteiger charge is 2.18. The van der Waals surface area contributed by atoms with Gasteiger partial charge in [0.05, 0.1) is 6.04 Å². The van der Waals surface area contributed by atoms with Crippen molar-refractivity contribution in [3.63, 3.8) is 0 Å². The van der Waals surface area contributed by atoms with Gasteiger partial charge in [-0.1, -0.05) is 28.1 Å². The van der Waals surface area contributed by atoms with Gasteiger partial charge < -0.3 is 10.1 Å². The third-order valence-electron chi connectivity index (χ3n) is 2.42. The van der Waals surface area contributed by atoms with Crippen LogP contribution in [0.3, 0.4) is 0 Å². The fourth-order valence-corrected chi connectivity index (χ4v) is 1.75. The van der Waals surface area contributed by atoms with Crippen LogP contribution < -0.4 is 5.32 Å². The summed E-state index contributed by atoms with van der Waals surface area (Å²) in [5.41, 5.74) is 1.73. The largest absolute Gasteiger partial charge is 0.444 e. The van der Waals surface area contributed by atoms with E-state index in [9.17, 15) is 4.79 Å². The average molecular weight is 314 g/mol. The van der Waals surface area contributed by atoms with Gasteiger partial charge in [-0.3, -0.25) is 0 Å². The van der Waals surface area contributed by atoms with Crippen LogP contribution in [-0.2, 0) is 4.74 Å². The maximum atomic E-state index is 11.7. The molecule has 1 aromatic carbocycles. The lowest BCUT2D eigenvalue weighted by Crippen LogP contribution is -2.34. The molecular formula is C14H20BrNO2. The second-order valence-corrected chi connectivity index (χ2v) is 6.23. The highest BCUT2D eigenvalue weighted by molar-refractivity contribution is 9.10. The van der Waals surface area contributed by atoms with Gasteiger partial charge in [0.1, 0.15) is 5.60 Å². The summed E-state index contributed by atoms with van der Waals surface area (Å²) in [5, 5.41) is 2.82. The van der Waals surface area contributed by atoms with Crippen molar-refractivity contribution in [1.82, 2.24) is 5.32 Å². The Kier molecular flexibility index (Phi) is 4.79. The molecule has 0 aromatic heterocycles.